The van der Waals surface area contributed by atoms with Crippen LogP contribution in [0.25, 0.3) is 10.9 Å². The molecule has 1 aliphatic rings. The van der Waals surface area contributed by atoms with Gasteiger partial charge in [0.15, 0.2) is 0 Å². The number of hydrogen-bond donors (Lipinski definition) is 2. The lowest BCUT2D eigenvalue weighted by Gasteiger charge is -2.38. The fourth-order valence-corrected chi connectivity index (χ4v) is 5.79. The van der Waals surface area contributed by atoms with Crippen LogP contribution in [0.3, 0.4) is 0 Å². The number of fused-ring (bicyclic) bond motifs is 1. The molecule has 210 valence electrons. The zero-order chi connectivity index (χ0) is 28.0. The van der Waals surface area contributed by atoms with E-state index >= 15 is 0 Å². The second kappa shape index (κ2) is 12.8. The number of ether oxygens (including phenoxy) is 1. The van der Waals surface area contributed by atoms with Gasteiger partial charge in [-0.25, -0.2) is 0 Å². The Morgan fingerprint density at radius 1 is 1.18 bits per heavy atom. The van der Waals surface area contributed by atoms with Gasteiger partial charge >= 0.3 is 12.1 Å². The summed E-state index contributed by atoms with van der Waals surface area (Å²) < 4.78 is 45.2. The number of aryl methyl sites for hydroxylation is 1. The van der Waals surface area contributed by atoms with E-state index in [9.17, 15) is 28.2 Å². The number of pyridine rings is 1. The van der Waals surface area contributed by atoms with Crippen LogP contribution in [0.1, 0.15) is 54.9 Å². The van der Waals surface area contributed by atoms with Crippen molar-refractivity contribution in [2.24, 2.45) is 11.8 Å². The van der Waals surface area contributed by atoms with E-state index in [2.05, 4.69) is 9.88 Å². The Labute approximate surface area is 226 Å². The molecule has 0 radical (unpaired) electrons. The average Bonchev–Trinajstić information content (AvgIpc) is 2.91. The normalized spacial score (nSPS) is 19.2. The first-order valence-electron chi connectivity index (χ1n) is 13.4. The molecular weight excluding hydrogens is 509 g/mol. The summed E-state index contributed by atoms with van der Waals surface area (Å²) in [6.07, 6.45) is -0.555. The lowest BCUT2D eigenvalue weighted by molar-refractivity contribution is -0.139. The number of alkyl halides is 3. The number of hydrogen-bond acceptors (Lipinski definition) is 5. The highest BCUT2D eigenvalue weighted by atomic mass is 19.4. The van der Waals surface area contributed by atoms with Gasteiger partial charge < -0.3 is 19.8 Å². The first-order valence-corrected chi connectivity index (χ1v) is 13.4. The van der Waals surface area contributed by atoms with Crippen molar-refractivity contribution in [1.82, 2.24) is 9.88 Å². The fraction of sp³-hybridized carbons (Fsp3) is 0.467. The number of aliphatic hydroxyl groups is 1. The zero-order valence-corrected chi connectivity index (χ0v) is 22.0. The molecule has 3 atom stereocenters. The van der Waals surface area contributed by atoms with Crippen LogP contribution in [-0.2, 0) is 17.4 Å². The fourth-order valence-electron chi connectivity index (χ4n) is 5.79. The minimum atomic E-state index is -4.37. The molecule has 0 aliphatic carbocycles. The molecule has 0 unspecified atom stereocenters. The SMILES string of the molecule is COc1ccc2nccc([C@H](O)CC[C@@H]3CCN(CCCc4ccccc4C(F)(F)F)C[C@@H]3CC(=O)O)c2c1. The lowest BCUT2D eigenvalue weighted by atomic mass is 9.79. The van der Waals surface area contributed by atoms with Gasteiger partial charge in [0.1, 0.15) is 5.75 Å². The van der Waals surface area contributed by atoms with Gasteiger partial charge in [-0.2, -0.15) is 13.2 Å². The van der Waals surface area contributed by atoms with E-state index in [1.807, 2.05) is 18.2 Å². The monoisotopic (exact) mass is 544 g/mol. The summed E-state index contributed by atoms with van der Waals surface area (Å²) >= 11 is 0. The second-order valence-electron chi connectivity index (χ2n) is 10.3. The van der Waals surface area contributed by atoms with Crippen molar-refractivity contribution in [3.05, 3.63) is 71.4 Å². The van der Waals surface area contributed by atoms with Gasteiger partial charge in [-0.15, -0.1) is 0 Å². The van der Waals surface area contributed by atoms with Crippen molar-refractivity contribution in [2.45, 2.75) is 50.8 Å². The van der Waals surface area contributed by atoms with E-state index in [-0.39, 0.29) is 23.8 Å². The van der Waals surface area contributed by atoms with Crippen LogP contribution in [0, 0.1) is 11.8 Å². The predicted molar refractivity (Wildman–Crippen MR) is 143 cm³/mol. The molecule has 1 aromatic heterocycles. The van der Waals surface area contributed by atoms with E-state index in [4.69, 9.17) is 4.74 Å². The number of nitrogens with zero attached hydrogens (tertiary/aromatic N) is 2. The maximum atomic E-state index is 13.3. The average molecular weight is 545 g/mol. The van der Waals surface area contributed by atoms with Gasteiger partial charge in [-0.05, 0) is 98.5 Å². The Morgan fingerprint density at radius 3 is 2.72 bits per heavy atom. The van der Waals surface area contributed by atoms with Gasteiger partial charge in [0.2, 0.25) is 0 Å². The highest BCUT2D eigenvalue weighted by molar-refractivity contribution is 5.83. The lowest BCUT2D eigenvalue weighted by Crippen LogP contribution is -2.42. The molecule has 4 rings (SSSR count). The Bertz CT molecular complexity index is 1270. The molecule has 0 amide bonds. The third-order valence-corrected chi connectivity index (χ3v) is 7.81. The second-order valence-corrected chi connectivity index (χ2v) is 10.3. The topological polar surface area (TPSA) is 82.9 Å². The number of aliphatic hydroxyl groups excluding tert-OH is 1. The molecule has 39 heavy (non-hydrogen) atoms. The number of benzene rings is 2. The Balaban J connectivity index is 1.35. The number of piperidine rings is 1. The van der Waals surface area contributed by atoms with Crippen molar-refractivity contribution in [3.8, 4) is 5.75 Å². The quantitative estimate of drug-likeness (QED) is 0.303. The predicted octanol–water partition coefficient (Wildman–Crippen LogP) is 6.12. The molecule has 1 aliphatic heterocycles. The summed E-state index contributed by atoms with van der Waals surface area (Å²) in [4.78, 5) is 18.2. The molecule has 6 nitrogen and oxygen atoms in total. The Hall–Kier alpha value is -3.17. The Morgan fingerprint density at radius 2 is 1.97 bits per heavy atom. The van der Waals surface area contributed by atoms with E-state index in [0.717, 1.165) is 35.5 Å². The van der Waals surface area contributed by atoms with Crippen LogP contribution in [0.2, 0.25) is 0 Å². The highest BCUT2D eigenvalue weighted by Crippen LogP contribution is 2.35. The van der Waals surface area contributed by atoms with Crippen LogP contribution >= 0.6 is 0 Å². The molecule has 9 heteroatoms. The van der Waals surface area contributed by atoms with Crippen molar-refractivity contribution in [3.63, 3.8) is 0 Å². The number of methoxy groups -OCH3 is 1. The molecule has 0 saturated carbocycles. The molecule has 0 spiro atoms. The summed E-state index contributed by atoms with van der Waals surface area (Å²) in [6.45, 7) is 1.96. The standard InChI is InChI=1S/C30H35F3N2O4/c1-39-23-9-10-27-25(18-23)24(12-14-34-27)28(36)11-8-20-13-16-35(19-22(20)17-29(37)38)15-4-6-21-5-2-3-7-26(21)30(31,32)33/h2-3,5,7,9-10,12,14,18,20,22,28,36H,4,6,8,11,13,15-17,19H2,1H3,(H,37,38)/t20-,22+,28-/m1/s1. The summed E-state index contributed by atoms with van der Waals surface area (Å²) in [7, 11) is 1.59. The first kappa shape index (κ1) is 28.8. The maximum absolute atomic E-state index is 13.3. The van der Waals surface area contributed by atoms with E-state index in [1.165, 1.54) is 12.1 Å². The van der Waals surface area contributed by atoms with Gasteiger partial charge in [-0.3, -0.25) is 9.78 Å². The molecule has 0 bridgehead atoms. The van der Waals surface area contributed by atoms with E-state index in [0.29, 0.717) is 44.5 Å². The highest BCUT2D eigenvalue weighted by Gasteiger charge is 2.33. The number of aliphatic carboxylic acids is 1. The summed E-state index contributed by atoms with van der Waals surface area (Å²) in [5.41, 5.74) is 1.23. The molecule has 3 aromatic rings. The molecule has 1 fully saturated rings. The zero-order valence-electron chi connectivity index (χ0n) is 22.0. The molecule has 1 saturated heterocycles. The smallest absolute Gasteiger partial charge is 0.416 e. The van der Waals surface area contributed by atoms with Crippen LogP contribution < -0.4 is 4.74 Å². The van der Waals surface area contributed by atoms with Crippen molar-refractivity contribution in [1.29, 1.82) is 0 Å². The minimum Gasteiger partial charge on any atom is -0.497 e. The van der Waals surface area contributed by atoms with Gasteiger partial charge in [0.05, 0.1) is 24.3 Å². The Kier molecular flexibility index (Phi) is 9.45. The number of rotatable bonds is 11. The van der Waals surface area contributed by atoms with Crippen LogP contribution in [0.15, 0.2) is 54.7 Å². The van der Waals surface area contributed by atoms with Crippen LogP contribution in [-0.4, -0.2) is 52.8 Å². The van der Waals surface area contributed by atoms with E-state index < -0.39 is 23.8 Å². The van der Waals surface area contributed by atoms with Crippen molar-refractivity contribution >= 4 is 16.9 Å². The van der Waals surface area contributed by atoms with Gasteiger partial charge in [0.25, 0.3) is 0 Å². The molecular formula is C30H35F3N2O4. The molecule has 2 heterocycles. The van der Waals surface area contributed by atoms with E-state index in [1.54, 1.807) is 25.4 Å². The third kappa shape index (κ3) is 7.48. The van der Waals surface area contributed by atoms with Gasteiger partial charge in [0, 0.05) is 24.5 Å². The summed E-state index contributed by atoms with van der Waals surface area (Å²) in [5, 5.41) is 21.4. The minimum absolute atomic E-state index is 0.0313. The largest absolute Gasteiger partial charge is 0.497 e. The van der Waals surface area contributed by atoms with Crippen molar-refractivity contribution < 1.29 is 32.9 Å². The summed E-state index contributed by atoms with van der Waals surface area (Å²) in [5.74, 6) is -0.126. The molecule has 2 aromatic carbocycles. The maximum Gasteiger partial charge on any atom is 0.416 e. The van der Waals surface area contributed by atoms with Gasteiger partial charge in [-0.1, -0.05) is 18.2 Å². The number of carboxylic acids is 1. The third-order valence-electron chi connectivity index (χ3n) is 7.81. The number of aromatic nitrogens is 1. The summed E-state index contributed by atoms with van der Waals surface area (Å²) in [6, 6.07) is 13.0. The number of halogens is 3. The first-order chi connectivity index (χ1) is 18.7. The van der Waals surface area contributed by atoms with Crippen LogP contribution in [0.5, 0.6) is 5.75 Å². The number of carboxylic acid groups (broad SMARTS) is 1. The number of carbonyl (C=O) groups is 1. The van der Waals surface area contributed by atoms with Crippen molar-refractivity contribution in [2.75, 3.05) is 26.7 Å². The van der Waals surface area contributed by atoms with Crippen LogP contribution in [0.4, 0.5) is 13.2 Å². The number of likely N-dealkylation sites (tertiary alicyclic amines) is 1. The molecule has 2 N–H and O–H groups in total.